The average molecular weight is 240 g/mol. The van der Waals surface area contributed by atoms with E-state index in [0.29, 0.717) is 0 Å². The monoisotopic (exact) mass is 240 g/mol. The first-order valence-electron chi connectivity index (χ1n) is 6.88. The third-order valence-corrected chi connectivity index (χ3v) is 2.41. The first-order valence-corrected chi connectivity index (χ1v) is 6.88. The van der Waals surface area contributed by atoms with Gasteiger partial charge >= 0.3 is 0 Å². The third-order valence-electron chi connectivity index (χ3n) is 2.41. The Hall–Kier alpha value is -1.56. The summed E-state index contributed by atoms with van der Waals surface area (Å²) >= 11 is 0. The van der Waals surface area contributed by atoms with Crippen LogP contribution in [0.3, 0.4) is 0 Å². The molecule has 0 saturated heterocycles. The molecule has 0 spiro atoms. The van der Waals surface area contributed by atoms with Gasteiger partial charge in [-0.1, -0.05) is 83.2 Å². The van der Waals surface area contributed by atoms with Crippen LogP contribution < -0.4 is 0 Å². The second-order valence-electron chi connectivity index (χ2n) is 4.86. The predicted octanol–water partition coefficient (Wildman–Crippen LogP) is 6.01. The highest BCUT2D eigenvalue weighted by Crippen LogP contribution is 2.30. The van der Waals surface area contributed by atoms with Crippen LogP contribution in [0.15, 0.2) is 36.4 Å². The zero-order chi connectivity index (χ0) is 13.5. The highest BCUT2D eigenvalue weighted by molar-refractivity contribution is 6.04. The van der Waals surface area contributed by atoms with Crippen LogP contribution >= 0.6 is 0 Å². The minimum atomic E-state index is 0.833. The van der Waals surface area contributed by atoms with Crippen molar-refractivity contribution in [3.8, 4) is 0 Å². The Balaban J connectivity index is 0.000000235. The molecule has 0 heterocycles. The Morgan fingerprint density at radius 2 is 1.11 bits per heavy atom. The maximum atomic E-state index is 2.18. The second-order valence-corrected chi connectivity index (χ2v) is 4.86. The van der Waals surface area contributed by atoms with Crippen LogP contribution in [0.4, 0.5) is 0 Å². The minimum absolute atomic E-state index is 0.833. The molecule has 0 nitrogen and oxygen atoms in total. The smallest absolute Gasteiger partial charge is 0.00389 e. The van der Waals surface area contributed by atoms with Crippen LogP contribution in [0, 0.1) is 5.92 Å². The largest absolute Gasteiger partial charge is 0.0683 e. The molecule has 3 rings (SSSR count). The van der Waals surface area contributed by atoms with E-state index in [2.05, 4.69) is 69.3 Å². The lowest BCUT2D eigenvalue weighted by atomic mass is 10.0. The summed E-state index contributed by atoms with van der Waals surface area (Å²) in [5, 5.41) is 2.75. The van der Waals surface area contributed by atoms with Crippen molar-refractivity contribution in [2.24, 2.45) is 5.92 Å². The molecule has 1 aliphatic rings. The van der Waals surface area contributed by atoms with E-state index in [1.807, 2.05) is 13.8 Å². The van der Waals surface area contributed by atoms with Gasteiger partial charge in [0.05, 0.1) is 0 Å². The summed E-state index contributed by atoms with van der Waals surface area (Å²) in [6, 6.07) is 12.9. The fourth-order valence-electron chi connectivity index (χ4n) is 1.86. The molecule has 0 atom stereocenters. The molecule has 0 N–H and O–H groups in total. The minimum Gasteiger partial charge on any atom is -0.0683 e. The van der Waals surface area contributed by atoms with E-state index >= 15 is 0 Å². The van der Waals surface area contributed by atoms with Crippen molar-refractivity contribution in [2.45, 2.75) is 34.6 Å². The van der Waals surface area contributed by atoms with E-state index in [1.165, 1.54) is 21.9 Å². The average Bonchev–Trinajstić information content (AvgIpc) is 2.78. The summed E-state index contributed by atoms with van der Waals surface area (Å²) in [5.41, 5.74) is 2.70. The van der Waals surface area contributed by atoms with Gasteiger partial charge in [-0.2, -0.15) is 0 Å². The van der Waals surface area contributed by atoms with Crippen LogP contribution in [0.25, 0.3) is 22.9 Å². The summed E-state index contributed by atoms with van der Waals surface area (Å²) in [4.78, 5) is 0. The van der Waals surface area contributed by atoms with E-state index in [4.69, 9.17) is 0 Å². The molecular weight excluding hydrogens is 216 g/mol. The van der Waals surface area contributed by atoms with Crippen LogP contribution in [-0.4, -0.2) is 0 Å². The number of hydrogen-bond acceptors (Lipinski definition) is 0. The van der Waals surface area contributed by atoms with E-state index < -0.39 is 0 Å². The fourth-order valence-corrected chi connectivity index (χ4v) is 1.86. The van der Waals surface area contributed by atoms with Crippen LogP contribution in [-0.2, 0) is 0 Å². The normalized spacial score (nSPS) is 10.8. The predicted molar refractivity (Wildman–Crippen MR) is 84.7 cm³/mol. The van der Waals surface area contributed by atoms with Gasteiger partial charge in [-0.15, -0.1) is 0 Å². The van der Waals surface area contributed by atoms with Crippen molar-refractivity contribution in [1.29, 1.82) is 0 Å². The lowest BCUT2D eigenvalue weighted by Gasteiger charge is -1.99. The van der Waals surface area contributed by atoms with E-state index in [9.17, 15) is 0 Å². The van der Waals surface area contributed by atoms with Gasteiger partial charge < -0.3 is 0 Å². The Labute approximate surface area is 111 Å². The SMILES string of the molecule is C1=Cc2cccc3cccc1c23.CC.CC(C)C. The molecule has 1 aliphatic carbocycles. The van der Waals surface area contributed by atoms with Gasteiger partial charge in [-0.05, 0) is 27.8 Å². The molecular formula is C18H24. The molecule has 0 aromatic heterocycles. The zero-order valence-electron chi connectivity index (χ0n) is 12.2. The Morgan fingerprint density at radius 3 is 1.50 bits per heavy atom. The number of hydrogen-bond donors (Lipinski definition) is 0. The lowest BCUT2D eigenvalue weighted by molar-refractivity contribution is 0.737. The van der Waals surface area contributed by atoms with Crippen LogP contribution in [0.2, 0.25) is 0 Å². The Kier molecular flexibility index (Phi) is 5.64. The maximum absolute atomic E-state index is 2.18. The van der Waals surface area contributed by atoms with Crippen molar-refractivity contribution >= 4 is 22.9 Å². The van der Waals surface area contributed by atoms with Crippen molar-refractivity contribution in [2.75, 3.05) is 0 Å². The zero-order valence-corrected chi connectivity index (χ0v) is 12.2. The molecule has 18 heavy (non-hydrogen) atoms. The van der Waals surface area contributed by atoms with E-state index in [1.54, 1.807) is 0 Å². The summed E-state index contributed by atoms with van der Waals surface area (Å²) in [7, 11) is 0. The van der Waals surface area contributed by atoms with Crippen molar-refractivity contribution in [3.63, 3.8) is 0 Å². The van der Waals surface area contributed by atoms with Gasteiger partial charge in [-0.3, -0.25) is 0 Å². The highest BCUT2D eigenvalue weighted by Gasteiger charge is 2.06. The molecule has 96 valence electrons. The molecule has 0 fully saturated rings. The van der Waals surface area contributed by atoms with Crippen LogP contribution in [0.5, 0.6) is 0 Å². The molecule has 0 bridgehead atoms. The van der Waals surface area contributed by atoms with Gasteiger partial charge in [0.1, 0.15) is 0 Å². The first kappa shape index (κ1) is 14.5. The molecule has 0 amide bonds. The van der Waals surface area contributed by atoms with Gasteiger partial charge in [0.2, 0.25) is 0 Å². The van der Waals surface area contributed by atoms with Crippen molar-refractivity contribution in [1.82, 2.24) is 0 Å². The second kappa shape index (κ2) is 7.00. The van der Waals surface area contributed by atoms with Gasteiger partial charge in [0.25, 0.3) is 0 Å². The number of benzene rings is 2. The molecule has 0 radical (unpaired) electrons. The molecule has 2 aromatic rings. The molecule has 2 aromatic carbocycles. The quantitative estimate of drug-likeness (QED) is 0.451. The van der Waals surface area contributed by atoms with E-state index in [-0.39, 0.29) is 0 Å². The Bertz CT molecular complexity index is 475. The summed E-state index contributed by atoms with van der Waals surface area (Å²) in [5.74, 6) is 0.833. The van der Waals surface area contributed by atoms with Crippen molar-refractivity contribution < 1.29 is 0 Å². The van der Waals surface area contributed by atoms with Gasteiger partial charge in [0, 0.05) is 0 Å². The first-order chi connectivity index (χ1) is 8.68. The Morgan fingerprint density at radius 1 is 0.722 bits per heavy atom. The summed E-state index contributed by atoms with van der Waals surface area (Å²) in [6.07, 6.45) is 4.36. The maximum Gasteiger partial charge on any atom is -0.00389 e. The standard InChI is InChI=1S/C12H8.C4H10.C2H6/c1-3-9-4-2-6-11-8-7-10(5-1)12(9)11;1-4(2)3;1-2/h1-8H;4H,1-3H3;1-2H3. The van der Waals surface area contributed by atoms with E-state index in [0.717, 1.165) is 5.92 Å². The summed E-state index contributed by atoms with van der Waals surface area (Å²) in [6.45, 7) is 10.5. The van der Waals surface area contributed by atoms with Crippen LogP contribution in [0.1, 0.15) is 45.7 Å². The lowest BCUT2D eigenvalue weighted by Crippen LogP contribution is -1.76. The summed E-state index contributed by atoms with van der Waals surface area (Å²) < 4.78 is 0. The fraction of sp³-hybridized carbons (Fsp3) is 0.333. The van der Waals surface area contributed by atoms with Gasteiger partial charge in [-0.25, -0.2) is 0 Å². The highest BCUT2D eigenvalue weighted by atomic mass is 14.1. The third kappa shape index (κ3) is 3.46. The number of rotatable bonds is 0. The molecule has 0 aliphatic heterocycles. The molecule has 0 heteroatoms. The van der Waals surface area contributed by atoms with Crippen molar-refractivity contribution in [3.05, 3.63) is 47.5 Å². The van der Waals surface area contributed by atoms with Gasteiger partial charge in [0.15, 0.2) is 0 Å². The molecule has 0 saturated carbocycles. The topological polar surface area (TPSA) is 0 Å². The molecule has 0 unspecified atom stereocenters.